The molecule has 0 bridgehead atoms. The molecule has 10 heteroatoms. The van der Waals surface area contributed by atoms with Gasteiger partial charge in [0.2, 0.25) is 0 Å². The van der Waals surface area contributed by atoms with E-state index in [-0.39, 0.29) is 18.0 Å². The maximum Gasteiger partial charge on any atom is 0.303 e. The van der Waals surface area contributed by atoms with Crippen LogP contribution in [0.5, 0.6) is 0 Å². The fraction of sp³-hybridized carbons (Fsp3) is 0.250. The molecule has 1 aromatic carbocycles. The standard InChI is InChI=1S/C20H18N2O6S2/c23-18(24)4-2-1-3-11-21-19(25)17(30-20(21)29)12-15-9-10-16(28-15)13-5-7-14(8-6-13)22(26)27/h5-10,12H,1-4,11H2,(H,23,24)/b17-12+. The fourth-order valence-electron chi connectivity index (χ4n) is 2.88. The molecule has 1 saturated heterocycles. The van der Waals surface area contributed by atoms with Gasteiger partial charge < -0.3 is 9.52 Å². The Labute approximate surface area is 181 Å². The average molecular weight is 447 g/mol. The molecule has 30 heavy (non-hydrogen) atoms. The van der Waals surface area contributed by atoms with Gasteiger partial charge in [-0.15, -0.1) is 0 Å². The summed E-state index contributed by atoms with van der Waals surface area (Å²) in [7, 11) is 0. The highest BCUT2D eigenvalue weighted by molar-refractivity contribution is 8.26. The molecule has 1 N–H and O–H groups in total. The molecule has 2 heterocycles. The first-order chi connectivity index (χ1) is 14.3. The molecule has 0 atom stereocenters. The van der Waals surface area contributed by atoms with Gasteiger partial charge in [0, 0.05) is 36.7 Å². The lowest BCUT2D eigenvalue weighted by molar-refractivity contribution is -0.384. The molecular formula is C20H18N2O6S2. The normalized spacial score (nSPS) is 15.2. The van der Waals surface area contributed by atoms with Crippen LogP contribution in [0, 0.1) is 10.1 Å². The lowest BCUT2D eigenvalue weighted by atomic mass is 10.1. The number of thioether (sulfide) groups is 1. The molecular weight excluding hydrogens is 428 g/mol. The first kappa shape index (κ1) is 21.7. The number of unbranched alkanes of at least 4 members (excludes halogenated alkanes) is 2. The summed E-state index contributed by atoms with van der Waals surface area (Å²) >= 11 is 6.49. The number of nitro groups is 1. The summed E-state index contributed by atoms with van der Waals surface area (Å²) in [6, 6.07) is 9.46. The second-order valence-electron chi connectivity index (χ2n) is 6.54. The highest BCUT2D eigenvalue weighted by Crippen LogP contribution is 2.34. The van der Waals surface area contributed by atoms with Gasteiger partial charge in [-0.3, -0.25) is 24.6 Å². The Balaban J connectivity index is 1.63. The number of aliphatic carboxylic acids is 1. The topological polar surface area (TPSA) is 114 Å². The van der Waals surface area contributed by atoms with E-state index in [2.05, 4.69) is 0 Å². The summed E-state index contributed by atoms with van der Waals surface area (Å²) in [5.41, 5.74) is 0.686. The first-order valence-electron chi connectivity index (χ1n) is 9.17. The lowest BCUT2D eigenvalue weighted by Gasteiger charge is -2.13. The van der Waals surface area contributed by atoms with Crippen molar-refractivity contribution in [1.29, 1.82) is 0 Å². The van der Waals surface area contributed by atoms with Crippen LogP contribution in [0.2, 0.25) is 0 Å². The number of carbonyl (C=O) groups excluding carboxylic acids is 1. The van der Waals surface area contributed by atoms with Crippen molar-refractivity contribution >= 4 is 51.9 Å². The summed E-state index contributed by atoms with van der Waals surface area (Å²) in [4.78, 5) is 35.4. The van der Waals surface area contributed by atoms with Gasteiger partial charge in [-0.05, 0) is 37.1 Å². The van der Waals surface area contributed by atoms with Crippen LogP contribution >= 0.6 is 24.0 Å². The van der Waals surface area contributed by atoms with Crippen molar-refractivity contribution < 1.29 is 24.0 Å². The van der Waals surface area contributed by atoms with Gasteiger partial charge in [0.25, 0.3) is 11.6 Å². The Morgan fingerprint density at radius 1 is 1.20 bits per heavy atom. The molecule has 0 aliphatic carbocycles. The van der Waals surface area contributed by atoms with Crippen LogP contribution in [-0.4, -0.2) is 37.7 Å². The van der Waals surface area contributed by atoms with Crippen LogP contribution < -0.4 is 0 Å². The molecule has 1 fully saturated rings. The summed E-state index contributed by atoms with van der Waals surface area (Å²) in [6.45, 7) is 0.452. The van der Waals surface area contributed by atoms with Crippen LogP contribution in [0.3, 0.4) is 0 Å². The molecule has 0 spiro atoms. The molecule has 1 aliphatic heterocycles. The quantitative estimate of drug-likeness (QED) is 0.194. The van der Waals surface area contributed by atoms with Crippen molar-refractivity contribution in [3.05, 3.63) is 57.2 Å². The van der Waals surface area contributed by atoms with Crippen molar-refractivity contribution in [2.45, 2.75) is 25.7 Å². The molecule has 8 nitrogen and oxygen atoms in total. The predicted molar refractivity (Wildman–Crippen MR) is 117 cm³/mol. The second kappa shape index (κ2) is 9.68. The number of furan rings is 1. The number of thiocarbonyl (C=S) groups is 1. The number of hydrogen-bond donors (Lipinski definition) is 1. The monoisotopic (exact) mass is 446 g/mol. The maximum absolute atomic E-state index is 12.6. The van der Waals surface area contributed by atoms with Gasteiger partial charge in [0.05, 0.1) is 9.83 Å². The minimum Gasteiger partial charge on any atom is -0.481 e. The van der Waals surface area contributed by atoms with Gasteiger partial charge in [0.15, 0.2) is 0 Å². The fourth-order valence-corrected chi connectivity index (χ4v) is 4.17. The van der Waals surface area contributed by atoms with E-state index in [0.29, 0.717) is 52.1 Å². The zero-order valence-corrected chi connectivity index (χ0v) is 17.4. The Hall–Kier alpha value is -2.98. The minimum absolute atomic E-state index is 0.00263. The largest absolute Gasteiger partial charge is 0.481 e. The number of non-ortho nitro benzene ring substituents is 1. The maximum atomic E-state index is 12.6. The van der Waals surface area contributed by atoms with Crippen LogP contribution in [0.1, 0.15) is 31.4 Å². The number of carboxylic acids is 1. The third-order valence-corrected chi connectivity index (χ3v) is 5.79. The number of benzene rings is 1. The van der Waals surface area contributed by atoms with E-state index in [1.54, 1.807) is 30.3 Å². The van der Waals surface area contributed by atoms with E-state index in [1.807, 2.05) is 0 Å². The summed E-state index contributed by atoms with van der Waals surface area (Å²) in [5, 5.41) is 19.4. The number of rotatable bonds is 9. The number of nitro benzene ring substituents is 1. The van der Waals surface area contributed by atoms with E-state index < -0.39 is 10.9 Å². The number of carbonyl (C=O) groups is 2. The van der Waals surface area contributed by atoms with Crippen LogP contribution in [0.15, 0.2) is 45.7 Å². The third-order valence-electron chi connectivity index (χ3n) is 4.41. The zero-order valence-electron chi connectivity index (χ0n) is 15.8. The predicted octanol–water partition coefficient (Wildman–Crippen LogP) is 4.70. The van der Waals surface area contributed by atoms with Crippen molar-refractivity contribution in [3.63, 3.8) is 0 Å². The lowest BCUT2D eigenvalue weighted by Crippen LogP contribution is -2.29. The molecule has 0 saturated carbocycles. The summed E-state index contributed by atoms with van der Waals surface area (Å²) in [5.74, 6) is -0.0121. The third kappa shape index (κ3) is 5.33. The molecule has 0 radical (unpaired) electrons. The van der Waals surface area contributed by atoms with Crippen molar-refractivity contribution in [2.75, 3.05) is 6.54 Å². The van der Waals surface area contributed by atoms with Gasteiger partial charge >= 0.3 is 5.97 Å². The van der Waals surface area contributed by atoms with Crippen molar-refractivity contribution in [1.82, 2.24) is 4.90 Å². The zero-order chi connectivity index (χ0) is 21.7. The molecule has 1 aromatic heterocycles. The minimum atomic E-state index is -0.824. The van der Waals surface area contributed by atoms with Gasteiger partial charge in [0.1, 0.15) is 15.8 Å². The number of hydrogen-bond acceptors (Lipinski definition) is 7. The second-order valence-corrected chi connectivity index (χ2v) is 8.22. The molecule has 156 valence electrons. The van der Waals surface area contributed by atoms with Gasteiger partial charge in [-0.25, -0.2) is 0 Å². The molecule has 2 aromatic rings. The van der Waals surface area contributed by atoms with Crippen molar-refractivity contribution in [2.24, 2.45) is 0 Å². The van der Waals surface area contributed by atoms with E-state index in [0.717, 1.165) is 0 Å². The highest BCUT2D eigenvalue weighted by atomic mass is 32.2. The molecule has 1 amide bonds. The van der Waals surface area contributed by atoms with E-state index >= 15 is 0 Å². The Morgan fingerprint density at radius 3 is 2.60 bits per heavy atom. The van der Waals surface area contributed by atoms with E-state index in [1.165, 1.54) is 28.8 Å². The Morgan fingerprint density at radius 2 is 1.93 bits per heavy atom. The number of carboxylic acid groups (broad SMARTS) is 1. The number of nitrogens with zero attached hydrogens (tertiary/aromatic N) is 2. The van der Waals surface area contributed by atoms with Crippen molar-refractivity contribution in [3.8, 4) is 11.3 Å². The molecule has 0 unspecified atom stereocenters. The smallest absolute Gasteiger partial charge is 0.303 e. The summed E-state index contributed by atoms with van der Waals surface area (Å²) < 4.78 is 6.22. The van der Waals surface area contributed by atoms with E-state index in [4.69, 9.17) is 21.7 Å². The summed E-state index contributed by atoms with van der Waals surface area (Å²) in [6.07, 6.45) is 3.70. The van der Waals surface area contributed by atoms with Crippen LogP contribution in [0.25, 0.3) is 17.4 Å². The van der Waals surface area contributed by atoms with Crippen LogP contribution in [-0.2, 0) is 9.59 Å². The Kier molecular flexibility index (Phi) is 7.01. The number of amides is 1. The van der Waals surface area contributed by atoms with Gasteiger partial charge in [-0.1, -0.05) is 30.4 Å². The molecule has 3 rings (SSSR count). The van der Waals surface area contributed by atoms with Crippen LogP contribution in [0.4, 0.5) is 5.69 Å². The Bertz CT molecular complexity index is 1010. The highest BCUT2D eigenvalue weighted by Gasteiger charge is 2.31. The first-order valence-corrected chi connectivity index (χ1v) is 10.4. The average Bonchev–Trinajstić information content (AvgIpc) is 3.27. The SMILES string of the molecule is O=C(O)CCCCCN1C(=O)/C(=C\c2ccc(-c3ccc([N+](=O)[O-])cc3)o2)SC1=S. The molecule has 1 aliphatic rings. The van der Waals surface area contributed by atoms with Gasteiger partial charge in [-0.2, -0.15) is 0 Å². The van der Waals surface area contributed by atoms with E-state index in [9.17, 15) is 19.7 Å².